The maximum Gasteiger partial charge on any atom is 0.202 e. The van der Waals surface area contributed by atoms with Gasteiger partial charge in [0.05, 0.1) is 0 Å². The molecule has 0 saturated heterocycles. The average molecular weight is 269 g/mol. The van der Waals surface area contributed by atoms with Gasteiger partial charge in [-0.25, -0.2) is 4.39 Å². The molecule has 1 aromatic heterocycles. The van der Waals surface area contributed by atoms with Crippen LogP contribution in [0.5, 0.6) is 5.75 Å². The third kappa shape index (κ3) is 3.02. The monoisotopic (exact) mass is 269 g/mol. The van der Waals surface area contributed by atoms with E-state index in [1.807, 2.05) is 19.0 Å². The summed E-state index contributed by atoms with van der Waals surface area (Å²) in [6.07, 6.45) is 1.18. The molecule has 0 amide bonds. The summed E-state index contributed by atoms with van der Waals surface area (Å²) in [5, 5.41) is 10.2. The fraction of sp³-hybridized carbons (Fsp3) is 0.364. The van der Waals surface area contributed by atoms with Gasteiger partial charge in [0.25, 0.3) is 0 Å². The SMILES string of the molecule is CN(C)CCOc1ccc(-n2cnnn2)c(F)c1F. The van der Waals surface area contributed by atoms with Gasteiger partial charge in [-0.1, -0.05) is 0 Å². The lowest BCUT2D eigenvalue weighted by molar-refractivity contribution is 0.249. The molecule has 19 heavy (non-hydrogen) atoms. The minimum Gasteiger partial charge on any atom is -0.489 e. The Bertz CT molecular complexity index is 544. The number of hydrogen-bond donors (Lipinski definition) is 0. The fourth-order valence-electron chi connectivity index (χ4n) is 1.42. The van der Waals surface area contributed by atoms with Gasteiger partial charge in [-0.15, -0.1) is 5.10 Å². The smallest absolute Gasteiger partial charge is 0.202 e. The van der Waals surface area contributed by atoms with Gasteiger partial charge in [-0.3, -0.25) is 0 Å². The van der Waals surface area contributed by atoms with Crippen molar-refractivity contribution >= 4 is 0 Å². The molecule has 2 rings (SSSR count). The zero-order valence-electron chi connectivity index (χ0n) is 10.5. The van der Waals surface area contributed by atoms with Gasteiger partial charge in [0.15, 0.2) is 11.6 Å². The quantitative estimate of drug-likeness (QED) is 0.806. The minimum atomic E-state index is -1.05. The highest BCUT2D eigenvalue weighted by molar-refractivity contribution is 5.39. The number of rotatable bonds is 5. The Morgan fingerprint density at radius 1 is 1.26 bits per heavy atom. The van der Waals surface area contributed by atoms with Crippen LogP contribution < -0.4 is 4.74 Å². The second kappa shape index (κ2) is 5.70. The van der Waals surface area contributed by atoms with Crippen LogP contribution in [0.1, 0.15) is 0 Å². The lowest BCUT2D eigenvalue weighted by Gasteiger charge is -2.12. The highest BCUT2D eigenvalue weighted by atomic mass is 19.2. The largest absolute Gasteiger partial charge is 0.489 e. The summed E-state index contributed by atoms with van der Waals surface area (Å²) in [5.74, 6) is -2.22. The zero-order valence-corrected chi connectivity index (χ0v) is 10.5. The molecular weight excluding hydrogens is 256 g/mol. The molecule has 0 unspecified atom stereocenters. The number of hydrogen-bond acceptors (Lipinski definition) is 5. The molecule has 0 saturated carbocycles. The van der Waals surface area contributed by atoms with Crippen LogP contribution >= 0.6 is 0 Å². The van der Waals surface area contributed by atoms with Crippen molar-refractivity contribution in [3.8, 4) is 11.4 Å². The Kier molecular flexibility index (Phi) is 4.00. The summed E-state index contributed by atoms with van der Waals surface area (Å²) in [5.41, 5.74) is -0.0672. The van der Waals surface area contributed by atoms with Crippen molar-refractivity contribution in [3.63, 3.8) is 0 Å². The van der Waals surface area contributed by atoms with Crippen molar-refractivity contribution in [2.24, 2.45) is 0 Å². The molecule has 0 bridgehead atoms. The van der Waals surface area contributed by atoms with Gasteiger partial charge in [0.2, 0.25) is 5.82 Å². The number of tetrazole rings is 1. The van der Waals surface area contributed by atoms with Gasteiger partial charge < -0.3 is 9.64 Å². The van der Waals surface area contributed by atoms with Crippen LogP contribution in [0.2, 0.25) is 0 Å². The molecule has 1 heterocycles. The van der Waals surface area contributed by atoms with E-state index in [0.29, 0.717) is 6.54 Å². The van der Waals surface area contributed by atoms with E-state index in [9.17, 15) is 8.78 Å². The summed E-state index contributed by atoms with van der Waals surface area (Å²) in [4.78, 5) is 1.88. The first-order chi connectivity index (χ1) is 9.09. The van der Waals surface area contributed by atoms with E-state index in [1.165, 1.54) is 18.5 Å². The summed E-state index contributed by atoms with van der Waals surface area (Å²) in [7, 11) is 3.72. The standard InChI is InChI=1S/C11H13F2N5O/c1-17(2)5-6-19-9-4-3-8(10(12)11(9)13)18-7-14-15-16-18/h3-4,7H,5-6H2,1-2H3. The molecule has 0 fully saturated rings. The van der Waals surface area contributed by atoms with Crippen molar-refractivity contribution in [2.45, 2.75) is 0 Å². The van der Waals surface area contributed by atoms with Crippen LogP contribution in [0.15, 0.2) is 18.5 Å². The Balaban J connectivity index is 2.18. The molecular formula is C11H13F2N5O. The van der Waals surface area contributed by atoms with E-state index < -0.39 is 11.6 Å². The van der Waals surface area contributed by atoms with Crippen molar-refractivity contribution in [2.75, 3.05) is 27.2 Å². The molecule has 0 radical (unpaired) electrons. The lowest BCUT2D eigenvalue weighted by Crippen LogP contribution is -2.19. The number of ether oxygens (including phenoxy) is 1. The first-order valence-electron chi connectivity index (χ1n) is 5.58. The first kappa shape index (κ1) is 13.3. The van der Waals surface area contributed by atoms with Crippen molar-refractivity contribution in [1.29, 1.82) is 0 Å². The molecule has 2 aromatic rings. The summed E-state index contributed by atoms with van der Waals surface area (Å²) < 4.78 is 33.8. The average Bonchev–Trinajstić information content (AvgIpc) is 2.88. The number of likely N-dealkylation sites (N-methyl/N-ethyl adjacent to an activating group) is 1. The molecule has 0 aliphatic carbocycles. The number of nitrogens with zero attached hydrogens (tertiary/aromatic N) is 5. The maximum absolute atomic E-state index is 13.8. The molecule has 0 spiro atoms. The van der Waals surface area contributed by atoms with Gasteiger partial charge in [0.1, 0.15) is 18.6 Å². The summed E-state index contributed by atoms with van der Waals surface area (Å²) in [6, 6.07) is 2.71. The Hall–Kier alpha value is -2.09. The highest BCUT2D eigenvalue weighted by Gasteiger charge is 2.16. The fourth-order valence-corrected chi connectivity index (χ4v) is 1.42. The molecule has 0 atom stereocenters. The van der Waals surface area contributed by atoms with Crippen LogP contribution in [-0.4, -0.2) is 52.4 Å². The number of halogens is 2. The van der Waals surface area contributed by atoms with Gasteiger partial charge in [0, 0.05) is 6.54 Å². The Morgan fingerprint density at radius 2 is 2.05 bits per heavy atom. The first-order valence-corrected chi connectivity index (χ1v) is 5.58. The molecule has 6 nitrogen and oxygen atoms in total. The molecule has 102 valence electrons. The third-order valence-electron chi connectivity index (χ3n) is 2.42. The van der Waals surface area contributed by atoms with Crippen LogP contribution in [0.4, 0.5) is 8.78 Å². The molecule has 8 heteroatoms. The maximum atomic E-state index is 13.8. The van der Waals surface area contributed by atoms with E-state index in [0.717, 1.165) is 4.68 Å². The molecule has 0 N–H and O–H groups in total. The summed E-state index contributed by atoms with van der Waals surface area (Å²) in [6.45, 7) is 0.878. The summed E-state index contributed by atoms with van der Waals surface area (Å²) >= 11 is 0. The number of benzene rings is 1. The predicted octanol–water partition coefficient (Wildman–Crippen LogP) is 0.881. The minimum absolute atomic E-state index is 0.0672. The van der Waals surface area contributed by atoms with E-state index >= 15 is 0 Å². The Labute approximate surface area is 108 Å². The molecule has 1 aromatic carbocycles. The van der Waals surface area contributed by atoms with Crippen LogP contribution in [0.3, 0.4) is 0 Å². The zero-order chi connectivity index (χ0) is 13.8. The second-order valence-corrected chi connectivity index (χ2v) is 4.12. The second-order valence-electron chi connectivity index (χ2n) is 4.12. The van der Waals surface area contributed by atoms with Crippen LogP contribution in [-0.2, 0) is 0 Å². The van der Waals surface area contributed by atoms with Crippen molar-refractivity contribution in [1.82, 2.24) is 25.1 Å². The van der Waals surface area contributed by atoms with E-state index in [1.54, 1.807) is 0 Å². The van der Waals surface area contributed by atoms with E-state index in [2.05, 4.69) is 15.5 Å². The molecule has 0 aliphatic heterocycles. The predicted molar refractivity (Wildman–Crippen MR) is 63.1 cm³/mol. The van der Waals surface area contributed by atoms with Gasteiger partial charge in [-0.2, -0.15) is 9.07 Å². The number of aromatic nitrogens is 4. The normalized spacial score (nSPS) is 11.0. The van der Waals surface area contributed by atoms with Gasteiger partial charge in [-0.05, 0) is 36.7 Å². The van der Waals surface area contributed by atoms with Crippen molar-refractivity contribution < 1.29 is 13.5 Å². The highest BCUT2D eigenvalue weighted by Crippen LogP contribution is 2.24. The lowest BCUT2D eigenvalue weighted by atomic mass is 10.2. The van der Waals surface area contributed by atoms with Crippen LogP contribution in [0, 0.1) is 11.6 Å². The topological polar surface area (TPSA) is 56.1 Å². The molecule has 0 aliphatic rings. The van der Waals surface area contributed by atoms with Crippen LogP contribution in [0.25, 0.3) is 5.69 Å². The van der Waals surface area contributed by atoms with E-state index in [4.69, 9.17) is 4.74 Å². The third-order valence-corrected chi connectivity index (χ3v) is 2.42. The van der Waals surface area contributed by atoms with Gasteiger partial charge >= 0.3 is 0 Å². The van der Waals surface area contributed by atoms with Crippen molar-refractivity contribution in [3.05, 3.63) is 30.1 Å². The Morgan fingerprint density at radius 3 is 2.68 bits per heavy atom. The van der Waals surface area contributed by atoms with E-state index in [-0.39, 0.29) is 18.0 Å².